The van der Waals surface area contributed by atoms with E-state index in [0.717, 1.165) is 0 Å². The number of para-hydroxylation sites is 2. The lowest BCUT2D eigenvalue weighted by Gasteiger charge is -2.08. The van der Waals surface area contributed by atoms with Crippen molar-refractivity contribution in [3.8, 4) is 17.4 Å². The van der Waals surface area contributed by atoms with Gasteiger partial charge in [0.15, 0.2) is 0 Å². The van der Waals surface area contributed by atoms with Crippen LogP contribution in [0.4, 0.5) is 11.4 Å². The number of esters is 1. The van der Waals surface area contributed by atoms with Crippen molar-refractivity contribution in [3.05, 3.63) is 87.7 Å². The van der Waals surface area contributed by atoms with Crippen molar-refractivity contribution in [2.75, 3.05) is 12.4 Å². The molecule has 0 aliphatic heterocycles. The highest BCUT2D eigenvalue weighted by molar-refractivity contribution is 6.11. The second kappa shape index (κ2) is 9.19. The fourth-order valence-corrected chi connectivity index (χ4v) is 2.78. The van der Waals surface area contributed by atoms with Gasteiger partial charge in [0, 0.05) is 12.1 Å². The zero-order valence-corrected chi connectivity index (χ0v) is 16.2. The monoisotopic (exact) mass is 417 g/mol. The number of nitrogens with zero attached hydrogens (tertiary/aromatic N) is 2. The van der Waals surface area contributed by atoms with Gasteiger partial charge in [-0.2, -0.15) is 5.26 Å². The van der Waals surface area contributed by atoms with Crippen LogP contribution in [0.25, 0.3) is 17.4 Å². The van der Waals surface area contributed by atoms with Crippen molar-refractivity contribution >= 4 is 29.3 Å². The van der Waals surface area contributed by atoms with Crippen LogP contribution >= 0.6 is 0 Å². The van der Waals surface area contributed by atoms with Crippen LogP contribution in [0.1, 0.15) is 16.1 Å². The molecule has 0 saturated heterocycles. The average molecular weight is 417 g/mol. The van der Waals surface area contributed by atoms with E-state index in [-0.39, 0.29) is 39.6 Å². The van der Waals surface area contributed by atoms with Gasteiger partial charge in [-0.1, -0.05) is 24.3 Å². The Kier molecular flexibility index (Phi) is 6.23. The van der Waals surface area contributed by atoms with E-state index in [1.165, 1.54) is 55.7 Å². The van der Waals surface area contributed by atoms with Gasteiger partial charge in [0.05, 0.1) is 28.8 Å². The van der Waals surface area contributed by atoms with Crippen LogP contribution in [0.5, 0.6) is 0 Å². The lowest BCUT2D eigenvalue weighted by atomic mass is 10.1. The van der Waals surface area contributed by atoms with Gasteiger partial charge in [-0.25, -0.2) is 4.79 Å². The van der Waals surface area contributed by atoms with E-state index in [0.29, 0.717) is 0 Å². The topological polar surface area (TPSA) is 135 Å². The van der Waals surface area contributed by atoms with E-state index >= 15 is 0 Å². The first-order chi connectivity index (χ1) is 14.9. The number of benzene rings is 2. The maximum absolute atomic E-state index is 12.5. The van der Waals surface area contributed by atoms with Gasteiger partial charge in [-0.15, -0.1) is 0 Å². The van der Waals surface area contributed by atoms with Gasteiger partial charge >= 0.3 is 5.97 Å². The second-order valence-corrected chi connectivity index (χ2v) is 6.14. The molecule has 1 N–H and O–H groups in total. The molecule has 0 bridgehead atoms. The fourth-order valence-electron chi connectivity index (χ4n) is 2.78. The molecule has 0 aliphatic rings. The number of methoxy groups -OCH3 is 1. The standard InChI is InChI=1S/C22H15N3O6/c1-30-22(27)16-6-2-4-8-18(16)24-21(26)14(13-23)12-15-10-11-20(31-15)17-7-3-5-9-19(17)25(28)29/h2-12H,1H3,(H,24,26). The Labute approximate surface area is 176 Å². The van der Waals surface area contributed by atoms with Crippen LogP contribution < -0.4 is 5.32 Å². The second-order valence-electron chi connectivity index (χ2n) is 6.14. The van der Waals surface area contributed by atoms with E-state index in [2.05, 4.69) is 10.1 Å². The third kappa shape index (κ3) is 4.65. The maximum atomic E-state index is 12.5. The number of nitro groups is 1. The van der Waals surface area contributed by atoms with Gasteiger partial charge in [0.1, 0.15) is 23.2 Å². The molecule has 1 heterocycles. The third-order valence-corrected chi connectivity index (χ3v) is 4.23. The number of carbonyl (C=O) groups excluding carboxylic acids is 2. The van der Waals surface area contributed by atoms with Crippen LogP contribution in [0, 0.1) is 21.4 Å². The summed E-state index contributed by atoms with van der Waals surface area (Å²) in [5, 5.41) is 23.1. The zero-order chi connectivity index (χ0) is 22.4. The number of amides is 1. The highest BCUT2D eigenvalue weighted by Crippen LogP contribution is 2.31. The molecule has 0 radical (unpaired) electrons. The molecular weight excluding hydrogens is 402 g/mol. The first-order valence-corrected chi connectivity index (χ1v) is 8.88. The smallest absolute Gasteiger partial charge is 0.339 e. The molecule has 0 saturated carbocycles. The lowest BCUT2D eigenvalue weighted by molar-refractivity contribution is -0.384. The Morgan fingerprint density at radius 3 is 2.55 bits per heavy atom. The van der Waals surface area contributed by atoms with Gasteiger partial charge in [0.25, 0.3) is 11.6 Å². The molecule has 1 aromatic heterocycles. The third-order valence-electron chi connectivity index (χ3n) is 4.23. The molecule has 9 heteroatoms. The molecule has 9 nitrogen and oxygen atoms in total. The molecule has 0 atom stereocenters. The summed E-state index contributed by atoms with van der Waals surface area (Å²) in [6.07, 6.45) is 1.20. The number of anilines is 1. The molecule has 0 spiro atoms. The summed E-state index contributed by atoms with van der Waals surface area (Å²) in [6.45, 7) is 0. The predicted octanol–water partition coefficient (Wildman–Crippen LogP) is 4.19. The molecular formula is C22H15N3O6. The summed E-state index contributed by atoms with van der Waals surface area (Å²) in [7, 11) is 1.22. The molecule has 3 aromatic rings. The number of hydrogen-bond donors (Lipinski definition) is 1. The quantitative estimate of drug-likeness (QED) is 0.209. The zero-order valence-electron chi connectivity index (χ0n) is 16.2. The molecule has 2 aromatic carbocycles. The van der Waals surface area contributed by atoms with Gasteiger partial charge in [-0.05, 0) is 30.3 Å². The number of nitrogens with one attached hydrogen (secondary N) is 1. The molecule has 0 unspecified atom stereocenters. The Morgan fingerprint density at radius 2 is 1.84 bits per heavy atom. The van der Waals surface area contributed by atoms with Crippen LogP contribution in [-0.4, -0.2) is 23.9 Å². The van der Waals surface area contributed by atoms with Crippen molar-refractivity contribution in [2.24, 2.45) is 0 Å². The number of nitro benzene ring substituents is 1. The Balaban J connectivity index is 1.87. The van der Waals surface area contributed by atoms with Crippen LogP contribution in [-0.2, 0) is 9.53 Å². The number of nitriles is 1. The highest BCUT2D eigenvalue weighted by Gasteiger charge is 2.19. The lowest BCUT2D eigenvalue weighted by Crippen LogP contribution is -2.16. The Hall–Kier alpha value is -4.71. The molecule has 0 aliphatic carbocycles. The van der Waals surface area contributed by atoms with E-state index in [1.807, 2.05) is 0 Å². The summed E-state index contributed by atoms with van der Waals surface area (Å²) < 4.78 is 10.3. The minimum atomic E-state index is -0.762. The SMILES string of the molecule is COC(=O)c1ccccc1NC(=O)C(C#N)=Cc1ccc(-c2ccccc2[N+](=O)[O-])o1. The minimum absolute atomic E-state index is 0.132. The first kappa shape index (κ1) is 21.0. The molecule has 3 rings (SSSR count). The summed E-state index contributed by atoms with van der Waals surface area (Å²) >= 11 is 0. The van der Waals surface area contributed by atoms with Gasteiger partial charge in [-0.3, -0.25) is 14.9 Å². The summed E-state index contributed by atoms with van der Waals surface area (Å²) in [5.74, 6) is -1.03. The van der Waals surface area contributed by atoms with E-state index in [9.17, 15) is 25.0 Å². The molecule has 154 valence electrons. The van der Waals surface area contributed by atoms with E-state index in [4.69, 9.17) is 4.42 Å². The summed E-state index contributed by atoms with van der Waals surface area (Å²) in [4.78, 5) is 35.1. The number of rotatable bonds is 6. The molecule has 0 fully saturated rings. The van der Waals surface area contributed by atoms with Crippen molar-refractivity contribution in [1.29, 1.82) is 5.26 Å². The summed E-state index contributed by atoms with van der Waals surface area (Å²) in [5.41, 5.74) is 0.156. The van der Waals surface area contributed by atoms with Crippen LogP contribution in [0.15, 0.2) is 70.7 Å². The van der Waals surface area contributed by atoms with Crippen molar-refractivity contribution in [2.45, 2.75) is 0 Å². The molecule has 1 amide bonds. The van der Waals surface area contributed by atoms with Crippen molar-refractivity contribution in [3.63, 3.8) is 0 Å². The highest BCUT2D eigenvalue weighted by atomic mass is 16.6. The average Bonchev–Trinajstić information content (AvgIpc) is 3.25. The minimum Gasteiger partial charge on any atom is -0.465 e. The van der Waals surface area contributed by atoms with Crippen LogP contribution in [0.3, 0.4) is 0 Å². The normalized spacial score (nSPS) is 10.8. The fraction of sp³-hybridized carbons (Fsp3) is 0.0455. The van der Waals surface area contributed by atoms with E-state index in [1.54, 1.807) is 24.3 Å². The Bertz CT molecular complexity index is 1240. The first-order valence-electron chi connectivity index (χ1n) is 8.88. The maximum Gasteiger partial charge on any atom is 0.339 e. The molecule has 31 heavy (non-hydrogen) atoms. The predicted molar refractivity (Wildman–Crippen MR) is 111 cm³/mol. The summed E-state index contributed by atoms with van der Waals surface area (Å²) in [6, 6.07) is 17.0. The Morgan fingerprint density at radius 1 is 1.13 bits per heavy atom. The van der Waals surface area contributed by atoms with Crippen LogP contribution in [0.2, 0.25) is 0 Å². The number of hydrogen-bond acceptors (Lipinski definition) is 7. The van der Waals surface area contributed by atoms with Gasteiger partial charge < -0.3 is 14.5 Å². The van der Waals surface area contributed by atoms with E-state index < -0.39 is 16.8 Å². The van der Waals surface area contributed by atoms with Gasteiger partial charge in [0.2, 0.25) is 0 Å². The largest absolute Gasteiger partial charge is 0.465 e. The van der Waals surface area contributed by atoms with Crippen molar-refractivity contribution < 1.29 is 23.7 Å². The number of ether oxygens (including phenoxy) is 1. The van der Waals surface area contributed by atoms with Crippen molar-refractivity contribution in [1.82, 2.24) is 0 Å². The number of carbonyl (C=O) groups is 2. The number of furan rings is 1.